The molecule has 2 nitrogen and oxygen atoms in total. The van der Waals surface area contributed by atoms with E-state index in [4.69, 9.17) is 4.74 Å². The van der Waals surface area contributed by atoms with Crippen LogP contribution >= 0.6 is 0 Å². The third-order valence-electron chi connectivity index (χ3n) is 4.17. The SMILES string of the molecule is COc1ccc2cc([C@H]3CCN[C@@H](C)C3)ccc2c1. The first-order valence-corrected chi connectivity index (χ1v) is 7.07. The Labute approximate surface area is 114 Å². The molecule has 2 heteroatoms. The van der Waals surface area contributed by atoms with Crippen molar-refractivity contribution in [2.75, 3.05) is 13.7 Å². The van der Waals surface area contributed by atoms with Crippen LogP contribution in [0.1, 0.15) is 31.2 Å². The number of rotatable bonds is 2. The molecule has 0 saturated carbocycles. The van der Waals surface area contributed by atoms with Gasteiger partial charge in [-0.1, -0.05) is 24.3 Å². The van der Waals surface area contributed by atoms with Crippen LogP contribution < -0.4 is 10.1 Å². The van der Waals surface area contributed by atoms with Crippen molar-refractivity contribution in [3.05, 3.63) is 42.0 Å². The average Bonchev–Trinajstić information content (AvgIpc) is 2.46. The fourth-order valence-corrected chi connectivity index (χ4v) is 3.06. The minimum atomic E-state index is 0.630. The van der Waals surface area contributed by atoms with E-state index < -0.39 is 0 Å². The second-order valence-electron chi connectivity index (χ2n) is 5.55. The summed E-state index contributed by atoms with van der Waals surface area (Å²) in [6, 6.07) is 13.8. The fourth-order valence-electron chi connectivity index (χ4n) is 3.06. The smallest absolute Gasteiger partial charge is 0.119 e. The van der Waals surface area contributed by atoms with Gasteiger partial charge >= 0.3 is 0 Å². The van der Waals surface area contributed by atoms with Crippen molar-refractivity contribution >= 4 is 10.8 Å². The van der Waals surface area contributed by atoms with Crippen LogP contribution in [0, 0.1) is 0 Å². The summed E-state index contributed by atoms with van der Waals surface area (Å²) >= 11 is 0. The number of fused-ring (bicyclic) bond motifs is 1. The van der Waals surface area contributed by atoms with Crippen molar-refractivity contribution in [2.24, 2.45) is 0 Å². The van der Waals surface area contributed by atoms with E-state index in [1.54, 1.807) is 7.11 Å². The predicted octanol–water partition coefficient (Wildman–Crippen LogP) is 3.70. The molecular formula is C17H21NO. The van der Waals surface area contributed by atoms with Gasteiger partial charge in [0, 0.05) is 6.04 Å². The maximum atomic E-state index is 5.27. The van der Waals surface area contributed by atoms with Crippen molar-refractivity contribution in [2.45, 2.75) is 31.7 Å². The molecule has 2 atom stereocenters. The van der Waals surface area contributed by atoms with Gasteiger partial charge in [0.25, 0.3) is 0 Å². The molecule has 1 saturated heterocycles. The minimum absolute atomic E-state index is 0.630. The second-order valence-corrected chi connectivity index (χ2v) is 5.55. The van der Waals surface area contributed by atoms with Crippen molar-refractivity contribution in [1.29, 1.82) is 0 Å². The molecule has 0 aliphatic carbocycles. The second kappa shape index (κ2) is 5.22. The molecule has 2 aromatic carbocycles. The first-order valence-electron chi connectivity index (χ1n) is 7.07. The van der Waals surface area contributed by atoms with Crippen molar-refractivity contribution < 1.29 is 4.74 Å². The van der Waals surface area contributed by atoms with E-state index in [-0.39, 0.29) is 0 Å². The lowest BCUT2D eigenvalue weighted by atomic mass is 9.86. The van der Waals surface area contributed by atoms with Gasteiger partial charge < -0.3 is 10.1 Å². The topological polar surface area (TPSA) is 21.3 Å². The summed E-state index contributed by atoms with van der Waals surface area (Å²) in [5.41, 5.74) is 1.48. The lowest BCUT2D eigenvalue weighted by Gasteiger charge is -2.28. The Morgan fingerprint density at radius 3 is 2.68 bits per heavy atom. The summed E-state index contributed by atoms with van der Waals surface area (Å²) in [6.07, 6.45) is 2.48. The van der Waals surface area contributed by atoms with Gasteiger partial charge in [-0.05, 0) is 60.7 Å². The van der Waals surface area contributed by atoms with Gasteiger partial charge in [-0.25, -0.2) is 0 Å². The van der Waals surface area contributed by atoms with Gasteiger partial charge in [0.05, 0.1) is 7.11 Å². The third kappa shape index (κ3) is 2.59. The molecule has 19 heavy (non-hydrogen) atoms. The number of hydrogen-bond donors (Lipinski definition) is 1. The number of hydrogen-bond acceptors (Lipinski definition) is 2. The highest BCUT2D eigenvalue weighted by molar-refractivity contribution is 5.84. The van der Waals surface area contributed by atoms with Gasteiger partial charge in [-0.3, -0.25) is 0 Å². The van der Waals surface area contributed by atoms with Crippen LogP contribution in [0.3, 0.4) is 0 Å². The minimum Gasteiger partial charge on any atom is -0.497 e. The molecule has 3 rings (SSSR count). The predicted molar refractivity (Wildman–Crippen MR) is 79.9 cm³/mol. The maximum absolute atomic E-state index is 5.27. The van der Waals surface area contributed by atoms with Crippen LogP contribution in [0.5, 0.6) is 5.75 Å². The van der Waals surface area contributed by atoms with Crippen molar-refractivity contribution in [3.8, 4) is 5.75 Å². The number of benzene rings is 2. The van der Waals surface area contributed by atoms with E-state index in [9.17, 15) is 0 Å². The van der Waals surface area contributed by atoms with Crippen molar-refractivity contribution in [1.82, 2.24) is 5.32 Å². The summed E-state index contributed by atoms with van der Waals surface area (Å²) in [5, 5.41) is 6.08. The Bertz CT molecular complexity index is 578. The van der Waals surface area contributed by atoms with Gasteiger partial charge in [0.2, 0.25) is 0 Å². The lowest BCUT2D eigenvalue weighted by Crippen LogP contribution is -2.34. The first kappa shape index (κ1) is 12.5. The molecule has 2 aromatic rings. The van der Waals surface area contributed by atoms with Gasteiger partial charge in [-0.15, -0.1) is 0 Å². The van der Waals surface area contributed by atoms with E-state index in [2.05, 4.69) is 42.6 Å². The van der Waals surface area contributed by atoms with Crippen LogP contribution in [0.25, 0.3) is 10.8 Å². The Kier molecular flexibility index (Phi) is 3.43. The Morgan fingerprint density at radius 2 is 1.89 bits per heavy atom. The average molecular weight is 255 g/mol. The fraction of sp³-hybridized carbons (Fsp3) is 0.412. The zero-order valence-corrected chi connectivity index (χ0v) is 11.6. The molecular weight excluding hydrogens is 234 g/mol. The van der Waals surface area contributed by atoms with Crippen LogP contribution in [0.15, 0.2) is 36.4 Å². The Morgan fingerprint density at radius 1 is 1.11 bits per heavy atom. The summed E-state index contributed by atoms with van der Waals surface area (Å²) in [5.74, 6) is 1.62. The quantitative estimate of drug-likeness (QED) is 0.883. The van der Waals surface area contributed by atoms with Gasteiger partial charge in [0.15, 0.2) is 0 Å². The molecule has 0 radical (unpaired) electrons. The monoisotopic (exact) mass is 255 g/mol. The molecule has 1 heterocycles. The molecule has 0 bridgehead atoms. The number of piperidine rings is 1. The van der Waals surface area contributed by atoms with E-state index in [0.717, 1.165) is 12.3 Å². The summed E-state index contributed by atoms with van der Waals surface area (Å²) < 4.78 is 5.27. The van der Waals surface area contributed by atoms with Crippen LogP contribution in [0.4, 0.5) is 0 Å². The number of nitrogens with one attached hydrogen (secondary N) is 1. The molecule has 1 aliphatic heterocycles. The molecule has 0 aromatic heterocycles. The van der Waals surface area contributed by atoms with E-state index >= 15 is 0 Å². The summed E-state index contributed by atoms with van der Waals surface area (Å²) in [4.78, 5) is 0. The van der Waals surface area contributed by atoms with Crippen LogP contribution in [-0.4, -0.2) is 19.7 Å². The van der Waals surface area contributed by atoms with E-state index in [0.29, 0.717) is 12.0 Å². The lowest BCUT2D eigenvalue weighted by molar-refractivity contribution is 0.381. The van der Waals surface area contributed by atoms with Crippen molar-refractivity contribution in [3.63, 3.8) is 0 Å². The van der Waals surface area contributed by atoms with Crippen LogP contribution in [-0.2, 0) is 0 Å². The molecule has 0 unspecified atom stereocenters. The zero-order chi connectivity index (χ0) is 13.2. The maximum Gasteiger partial charge on any atom is 0.119 e. The molecule has 1 aliphatic rings. The van der Waals surface area contributed by atoms with Gasteiger partial charge in [0.1, 0.15) is 5.75 Å². The zero-order valence-electron chi connectivity index (χ0n) is 11.6. The van der Waals surface area contributed by atoms with E-state index in [1.165, 1.54) is 29.2 Å². The number of methoxy groups -OCH3 is 1. The summed E-state index contributed by atoms with van der Waals surface area (Å²) in [6.45, 7) is 3.41. The standard InChI is InChI=1S/C17H21NO/c1-12-9-16(7-8-18-12)13-3-4-15-11-17(19-2)6-5-14(15)10-13/h3-6,10-12,16,18H,7-9H2,1-2H3/t12-,16-/m0/s1. The number of ether oxygens (including phenoxy) is 1. The largest absolute Gasteiger partial charge is 0.497 e. The molecule has 1 N–H and O–H groups in total. The molecule has 1 fully saturated rings. The Hall–Kier alpha value is -1.54. The van der Waals surface area contributed by atoms with E-state index in [1.807, 2.05) is 6.07 Å². The molecule has 0 spiro atoms. The highest BCUT2D eigenvalue weighted by atomic mass is 16.5. The van der Waals surface area contributed by atoms with Gasteiger partial charge in [-0.2, -0.15) is 0 Å². The highest BCUT2D eigenvalue weighted by Gasteiger charge is 2.19. The highest BCUT2D eigenvalue weighted by Crippen LogP contribution is 2.30. The molecule has 100 valence electrons. The third-order valence-corrected chi connectivity index (χ3v) is 4.17. The first-order chi connectivity index (χ1) is 9.26. The summed E-state index contributed by atoms with van der Waals surface area (Å²) in [7, 11) is 1.71. The Balaban J connectivity index is 1.93. The normalized spacial score (nSPS) is 23.5. The van der Waals surface area contributed by atoms with Crippen LogP contribution in [0.2, 0.25) is 0 Å². The molecule has 0 amide bonds.